The van der Waals surface area contributed by atoms with Crippen LogP contribution in [0.1, 0.15) is 34.1 Å². The Balaban J connectivity index is 2.33. The van der Waals surface area contributed by atoms with E-state index in [0.29, 0.717) is 11.4 Å². The van der Waals surface area contributed by atoms with Crippen molar-refractivity contribution in [2.45, 2.75) is 46.2 Å². The summed E-state index contributed by atoms with van der Waals surface area (Å²) in [4.78, 5) is 65.7. The number of nitrogens with one attached hydrogen (secondary N) is 3. The van der Waals surface area contributed by atoms with Crippen LogP contribution < -0.4 is 32.6 Å². The number of H-pyrrole nitrogens is 1. The van der Waals surface area contributed by atoms with Crippen LogP contribution in [0.15, 0.2) is 9.59 Å². The molecule has 1 aliphatic rings. The number of hydrogen-bond donors (Lipinski definition) is 4. The third kappa shape index (κ3) is 5.10. The van der Waals surface area contributed by atoms with Gasteiger partial charge in [0, 0.05) is 20.2 Å². The topological polar surface area (TPSA) is 172 Å². The molecule has 0 radical (unpaired) electrons. The highest BCUT2D eigenvalue weighted by Crippen LogP contribution is 2.20. The van der Waals surface area contributed by atoms with Crippen LogP contribution in [0.2, 0.25) is 0 Å². The number of aromatic nitrogens is 2. The predicted molar refractivity (Wildman–Crippen MR) is 117 cm³/mol. The number of carbonyl (C=O) groups excluding carboxylic acids is 3. The van der Waals surface area contributed by atoms with Gasteiger partial charge in [0.05, 0.1) is 13.2 Å². The summed E-state index contributed by atoms with van der Waals surface area (Å²) in [7, 11) is 1.45. The zero-order valence-electron chi connectivity index (χ0n) is 19.0. The van der Waals surface area contributed by atoms with Crippen molar-refractivity contribution in [2.75, 3.05) is 37.4 Å². The number of urea groups is 1. The van der Waals surface area contributed by atoms with E-state index < -0.39 is 41.2 Å². The molecule has 1 saturated heterocycles. The Bertz CT molecular complexity index is 1000. The van der Waals surface area contributed by atoms with E-state index in [1.807, 2.05) is 13.8 Å². The van der Waals surface area contributed by atoms with Crippen LogP contribution in [0.3, 0.4) is 0 Å². The van der Waals surface area contributed by atoms with Gasteiger partial charge in [-0.25, -0.2) is 9.59 Å². The molecular weight excluding hydrogens is 422 g/mol. The molecule has 0 saturated carbocycles. The number of anilines is 2. The van der Waals surface area contributed by atoms with Crippen molar-refractivity contribution in [3.63, 3.8) is 0 Å². The molecule has 1 aromatic heterocycles. The van der Waals surface area contributed by atoms with Crippen LogP contribution in [0.5, 0.6) is 0 Å². The number of imide groups is 1. The molecule has 1 unspecified atom stereocenters. The smallest absolute Gasteiger partial charge is 0.344 e. The van der Waals surface area contributed by atoms with Crippen LogP contribution in [-0.4, -0.2) is 64.8 Å². The molecule has 2 rings (SSSR count). The zero-order chi connectivity index (χ0) is 24.2. The minimum atomic E-state index is -1.12. The fourth-order valence-electron chi connectivity index (χ4n) is 3.26. The molecule has 0 aliphatic carbocycles. The SMILES string of the molecule is CCC1(C)NC(=O)N(NC(=O)CN(CCOC)c2c(N)n(CC(C)C)c(=O)[nH]c2=O)C1=O. The van der Waals surface area contributed by atoms with Gasteiger partial charge in [0.15, 0.2) is 0 Å². The summed E-state index contributed by atoms with van der Waals surface area (Å²) >= 11 is 0. The maximum absolute atomic E-state index is 12.7. The number of nitrogens with two attached hydrogens (primary N) is 1. The molecule has 0 spiro atoms. The van der Waals surface area contributed by atoms with Gasteiger partial charge in [-0.3, -0.25) is 29.4 Å². The van der Waals surface area contributed by atoms with Crippen molar-refractivity contribution in [1.82, 2.24) is 25.3 Å². The average Bonchev–Trinajstić information content (AvgIpc) is 2.92. The number of hydrogen-bond acceptors (Lipinski definition) is 8. The first-order valence-electron chi connectivity index (χ1n) is 10.3. The predicted octanol–water partition coefficient (Wildman–Crippen LogP) is -1.02. The summed E-state index contributed by atoms with van der Waals surface area (Å²) < 4.78 is 6.28. The Labute approximate surface area is 184 Å². The molecule has 32 heavy (non-hydrogen) atoms. The van der Waals surface area contributed by atoms with Crippen LogP contribution in [0.25, 0.3) is 0 Å². The van der Waals surface area contributed by atoms with Crippen LogP contribution >= 0.6 is 0 Å². The van der Waals surface area contributed by atoms with Gasteiger partial charge in [-0.05, 0) is 19.3 Å². The van der Waals surface area contributed by atoms with E-state index in [-0.39, 0.29) is 37.1 Å². The maximum Gasteiger partial charge on any atom is 0.344 e. The fraction of sp³-hybridized carbons (Fsp3) is 0.632. The first-order chi connectivity index (χ1) is 14.9. The van der Waals surface area contributed by atoms with Crippen LogP contribution in [-0.2, 0) is 20.9 Å². The summed E-state index contributed by atoms with van der Waals surface area (Å²) in [6.07, 6.45) is 0.340. The van der Waals surface area contributed by atoms with Crippen molar-refractivity contribution < 1.29 is 19.1 Å². The van der Waals surface area contributed by atoms with Crippen LogP contribution in [0.4, 0.5) is 16.3 Å². The number of carbonyl (C=O) groups is 3. The van der Waals surface area contributed by atoms with Gasteiger partial charge >= 0.3 is 11.7 Å². The number of ether oxygens (including phenoxy) is 1. The van der Waals surface area contributed by atoms with Gasteiger partial charge < -0.3 is 20.7 Å². The highest BCUT2D eigenvalue weighted by Gasteiger charge is 2.47. The first-order valence-corrected chi connectivity index (χ1v) is 10.3. The van der Waals surface area contributed by atoms with Crippen molar-refractivity contribution in [2.24, 2.45) is 5.92 Å². The van der Waals surface area contributed by atoms with Gasteiger partial charge in [-0.1, -0.05) is 20.8 Å². The molecule has 0 bridgehead atoms. The lowest BCUT2D eigenvalue weighted by atomic mass is 10.00. The molecule has 0 aromatic carbocycles. The maximum atomic E-state index is 12.7. The number of nitrogen functional groups attached to an aromatic ring is 1. The van der Waals surface area contributed by atoms with E-state index >= 15 is 0 Å². The number of aromatic amines is 1. The van der Waals surface area contributed by atoms with Gasteiger partial charge in [0.2, 0.25) is 0 Å². The largest absolute Gasteiger partial charge is 0.383 e. The summed E-state index contributed by atoms with van der Waals surface area (Å²) in [6, 6.07) is -0.751. The average molecular weight is 454 g/mol. The molecule has 2 heterocycles. The number of methoxy groups -OCH3 is 1. The Hall–Kier alpha value is -3.35. The van der Waals surface area contributed by atoms with E-state index in [4.69, 9.17) is 10.5 Å². The van der Waals surface area contributed by atoms with Gasteiger partial charge in [0.25, 0.3) is 17.4 Å². The molecule has 1 fully saturated rings. The van der Waals surface area contributed by atoms with Crippen molar-refractivity contribution in [3.8, 4) is 0 Å². The van der Waals surface area contributed by atoms with E-state index in [2.05, 4.69) is 15.7 Å². The monoisotopic (exact) mass is 453 g/mol. The highest BCUT2D eigenvalue weighted by atomic mass is 16.5. The van der Waals surface area contributed by atoms with Gasteiger partial charge in [-0.2, -0.15) is 5.01 Å². The zero-order valence-corrected chi connectivity index (χ0v) is 19.0. The fourth-order valence-corrected chi connectivity index (χ4v) is 3.26. The lowest BCUT2D eigenvalue weighted by Gasteiger charge is -2.26. The van der Waals surface area contributed by atoms with Gasteiger partial charge in [-0.15, -0.1) is 0 Å². The second-order valence-corrected chi connectivity index (χ2v) is 8.20. The summed E-state index contributed by atoms with van der Waals surface area (Å²) in [5, 5.41) is 3.15. The normalized spacial score (nSPS) is 18.2. The molecular formula is C19H31N7O6. The standard InChI is InChI=1S/C19H31N7O6/c1-6-19(4)16(29)26(18(31)22-19)23-12(27)10-24(7-8-32-5)13-14(20)25(9-11(2)3)17(30)21-15(13)28/h11H,6-10,20H2,1-5H3,(H,22,31)(H,23,27)(H,21,28,30). The lowest BCUT2D eigenvalue weighted by Crippen LogP contribution is -2.52. The Morgan fingerprint density at radius 1 is 1.28 bits per heavy atom. The molecule has 4 amide bonds. The van der Waals surface area contributed by atoms with E-state index in [1.165, 1.54) is 16.6 Å². The third-order valence-corrected chi connectivity index (χ3v) is 5.18. The molecule has 5 N–H and O–H groups in total. The third-order valence-electron chi connectivity index (χ3n) is 5.18. The van der Waals surface area contributed by atoms with Crippen molar-refractivity contribution in [3.05, 3.63) is 20.8 Å². The van der Waals surface area contributed by atoms with E-state index in [9.17, 15) is 24.0 Å². The molecule has 1 atom stereocenters. The summed E-state index contributed by atoms with van der Waals surface area (Å²) in [5.74, 6) is -1.35. The van der Waals surface area contributed by atoms with Gasteiger partial charge in [0.1, 0.15) is 17.0 Å². The lowest BCUT2D eigenvalue weighted by molar-refractivity contribution is -0.138. The Kier molecular flexibility index (Phi) is 7.67. The highest BCUT2D eigenvalue weighted by molar-refractivity contribution is 6.07. The first kappa shape index (κ1) is 24.9. The quantitative estimate of drug-likeness (QED) is 0.326. The number of nitrogens with zero attached hydrogens (tertiary/aromatic N) is 3. The number of amides is 4. The van der Waals surface area contributed by atoms with Crippen LogP contribution in [0, 0.1) is 5.92 Å². The van der Waals surface area contributed by atoms with E-state index in [0.717, 1.165) is 0 Å². The molecule has 13 nitrogen and oxygen atoms in total. The second-order valence-electron chi connectivity index (χ2n) is 8.20. The minimum Gasteiger partial charge on any atom is -0.383 e. The van der Waals surface area contributed by atoms with Crippen molar-refractivity contribution >= 4 is 29.4 Å². The summed E-state index contributed by atoms with van der Waals surface area (Å²) in [5.41, 5.74) is 5.81. The minimum absolute atomic E-state index is 0.0667. The molecule has 13 heteroatoms. The number of hydrazine groups is 1. The van der Waals surface area contributed by atoms with Crippen molar-refractivity contribution in [1.29, 1.82) is 0 Å². The number of rotatable bonds is 10. The molecule has 1 aromatic rings. The Morgan fingerprint density at radius 3 is 2.47 bits per heavy atom. The Morgan fingerprint density at radius 2 is 1.94 bits per heavy atom. The molecule has 178 valence electrons. The van der Waals surface area contributed by atoms with E-state index in [1.54, 1.807) is 13.8 Å². The molecule has 1 aliphatic heterocycles. The second kappa shape index (κ2) is 9.85. The summed E-state index contributed by atoms with van der Waals surface area (Å²) in [6.45, 7) is 7.13.